The summed E-state index contributed by atoms with van der Waals surface area (Å²) in [4.78, 5) is 0. The summed E-state index contributed by atoms with van der Waals surface area (Å²) in [5.41, 5.74) is 0.803. The lowest BCUT2D eigenvalue weighted by atomic mass is 9.89. The van der Waals surface area contributed by atoms with Crippen LogP contribution in [-0.2, 0) is 0 Å². The van der Waals surface area contributed by atoms with Crippen molar-refractivity contribution in [1.29, 1.82) is 0 Å². The molecule has 0 aliphatic heterocycles. The van der Waals surface area contributed by atoms with Gasteiger partial charge in [0.2, 0.25) is 0 Å². The minimum Gasteiger partial charge on any atom is -0.385 e. The van der Waals surface area contributed by atoms with Crippen LogP contribution in [0.2, 0.25) is 5.02 Å². The standard InChI is InChI=1S/C14H17ClFN/c15-12-5-13(16)7-14(6-12)17-8-11-4-9-1-2-10(11)3-9/h5-7,9-11,17H,1-4,8H2. The summed E-state index contributed by atoms with van der Waals surface area (Å²) in [6.45, 7) is 0.959. The Morgan fingerprint density at radius 2 is 2.12 bits per heavy atom. The topological polar surface area (TPSA) is 12.0 Å². The third-order valence-corrected chi connectivity index (χ3v) is 4.53. The molecule has 2 bridgehead atoms. The van der Waals surface area contributed by atoms with E-state index in [0.29, 0.717) is 5.02 Å². The molecule has 0 saturated heterocycles. The molecule has 1 nitrogen and oxygen atoms in total. The fraction of sp³-hybridized carbons (Fsp3) is 0.571. The first-order valence-electron chi connectivity index (χ1n) is 6.40. The Hall–Kier alpha value is -0.760. The monoisotopic (exact) mass is 253 g/mol. The molecule has 3 unspecified atom stereocenters. The van der Waals surface area contributed by atoms with E-state index < -0.39 is 0 Å². The quantitative estimate of drug-likeness (QED) is 0.846. The van der Waals surface area contributed by atoms with Crippen LogP contribution in [0.3, 0.4) is 0 Å². The molecule has 2 saturated carbocycles. The van der Waals surface area contributed by atoms with Crippen LogP contribution >= 0.6 is 11.6 Å². The van der Waals surface area contributed by atoms with E-state index in [-0.39, 0.29) is 5.82 Å². The Morgan fingerprint density at radius 3 is 2.76 bits per heavy atom. The van der Waals surface area contributed by atoms with Gasteiger partial charge >= 0.3 is 0 Å². The number of nitrogens with one attached hydrogen (secondary N) is 1. The minimum absolute atomic E-state index is 0.270. The van der Waals surface area contributed by atoms with Crippen LogP contribution in [-0.4, -0.2) is 6.54 Å². The van der Waals surface area contributed by atoms with Crippen LogP contribution in [0, 0.1) is 23.6 Å². The molecule has 0 amide bonds. The van der Waals surface area contributed by atoms with Crippen molar-refractivity contribution >= 4 is 17.3 Å². The first-order valence-corrected chi connectivity index (χ1v) is 6.78. The average molecular weight is 254 g/mol. The largest absolute Gasteiger partial charge is 0.385 e. The Balaban J connectivity index is 1.60. The zero-order valence-electron chi connectivity index (χ0n) is 9.76. The van der Waals surface area contributed by atoms with Gasteiger partial charge in [0.05, 0.1) is 0 Å². The molecular formula is C14H17ClFN. The molecule has 3 rings (SSSR count). The first-order chi connectivity index (χ1) is 8.20. The van der Waals surface area contributed by atoms with Gasteiger partial charge in [-0.3, -0.25) is 0 Å². The van der Waals surface area contributed by atoms with Gasteiger partial charge in [-0.1, -0.05) is 18.0 Å². The lowest BCUT2D eigenvalue weighted by Gasteiger charge is -2.22. The maximum absolute atomic E-state index is 13.2. The summed E-state index contributed by atoms with van der Waals surface area (Å²) < 4.78 is 13.2. The molecule has 0 spiro atoms. The Bertz CT molecular complexity index is 400. The molecule has 3 atom stereocenters. The van der Waals surface area contributed by atoms with E-state index in [2.05, 4.69) is 5.32 Å². The molecule has 2 aliphatic rings. The Kier molecular flexibility index (Phi) is 2.99. The second kappa shape index (κ2) is 4.49. The molecule has 17 heavy (non-hydrogen) atoms. The number of rotatable bonds is 3. The van der Waals surface area contributed by atoms with Crippen LogP contribution in [0.5, 0.6) is 0 Å². The summed E-state index contributed by atoms with van der Waals surface area (Å²) in [5.74, 6) is 2.36. The van der Waals surface area contributed by atoms with Gasteiger partial charge in [0.15, 0.2) is 0 Å². The Morgan fingerprint density at radius 1 is 1.24 bits per heavy atom. The van der Waals surface area contributed by atoms with Gasteiger partial charge in [-0.05, 0) is 55.2 Å². The number of anilines is 1. The zero-order chi connectivity index (χ0) is 11.8. The highest BCUT2D eigenvalue weighted by molar-refractivity contribution is 6.30. The van der Waals surface area contributed by atoms with Gasteiger partial charge in [0.25, 0.3) is 0 Å². The number of benzene rings is 1. The van der Waals surface area contributed by atoms with E-state index in [1.54, 1.807) is 6.07 Å². The lowest BCUT2D eigenvalue weighted by molar-refractivity contribution is 0.348. The van der Waals surface area contributed by atoms with Crippen molar-refractivity contribution in [3.8, 4) is 0 Å². The fourth-order valence-electron chi connectivity index (χ4n) is 3.53. The second-order valence-electron chi connectivity index (χ2n) is 5.47. The van der Waals surface area contributed by atoms with Crippen molar-refractivity contribution in [3.63, 3.8) is 0 Å². The third-order valence-electron chi connectivity index (χ3n) is 4.32. The molecule has 0 radical (unpaired) electrons. The normalized spacial score (nSPS) is 30.8. The summed E-state index contributed by atoms with van der Waals surface area (Å²) >= 11 is 5.83. The zero-order valence-corrected chi connectivity index (χ0v) is 10.5. The van der Waals surface area contributed by atoms with Gasteiger partial charge < -0.3 is 5.32 Å². The molecule has 1 aromatic carbocycles. The summed E-state index contributed by atoms with van der Waals surface area (Å²) in [7, 11) is 0. The van der Waals surface area contributed by atoms with Gasteiger partial charge in [0.1, 0.15) is 5.82 Å². The van der Waals surface area contributed by atoms with Crippen molar-refractivity contribution < 1.29 is 4.39 Å². The molecule has 92 valence electrons. The predicted molar refractivity (Wildman–Crippen MR) is 68.8 cm³/mol. The van der Waals surface area contributed by atoms with Crippen LogP contribution in [0.15, 0.2) is 18.2 Å². The summed E-state index contributed by atoms with van der Waals surface area (Å²) in [6, 6.07) is 4.64. The average Bonchev–Trinajstić information content (AvgIpc) is 2.86. The summed E-state index contributed by atoms with van der Waals surface area (Å²) in [6.07, 6.45) is 5.57. The highest BCUT2D eigenvalue weighted by atomic mass is 35.5. The second-order valence-corrected chi connectivity index (χ2v) is 5.91. The van der Waals surface area contributed by atoms with E-state index in [1.807, 2.05) is 0 Å². The molecule has 0 aromatic heterocycles. The van der Waals surface area contributed by atoms with E-state index in [9.17, 15) is 4.39 Å². The third kappa shape index (κ3) is 2.42. The first kappa shape index (κ1) is 11.3. The lowest BCUT2D eigenvalue weighted by Crippen LogP contribution is -2.20. The summed E-state index contributed by atoms with van der Waals surface area (Å²) in [5, 5.41) is 3.79. The molecule has 1 aromatic rings. The van der Waals surface area contributed by atoms with Crippen molar-refractivity contribution in [2.24, 2.45) is 17.8 Å². The smallest absolute Gasteiger partial charge is 0.126 e. The Labute approximate surface area is 106 Å². The van der Waals surface area contributed by atoms with Crippen LogP contribution in [0.25, 0.3) is 0 Å². The van der Waals surface area contributed by atoms with Crippen molar-refractivity contribution in [1.82, 2.24) is 0 Å². The highest BCUT2D eigenvalue weighted by Crippen LogP contribution is 2.48. The van der Waals surface area contributed by atoms with Gasteiger partial charge in [0, 0.05) is 17.3 Å². The number of halogens is 2. The number of fused-ring (bicyclic) bond motifs is 2. The van der Waals surface area contributed by atoms with Gasteiger partial charge in [-0.2, -0.15) is 0 Å². The number of hydrogen-bond acceptors (Lipinski definition) is 1. The van der Waals surface area contributed by atoms with Crippen molar-refractivity contribution in [2.45, 2.75) is 25.7 Å². The van der Waals surface area contributed by atoms with Crippen LogP contribution in [0.4, 0.5) is 10.1 Å². The van der Waals surface area contributed by atoms with Gasteiger partial charge in [-0.25, -0.2) is 4.39 Å². The molecule has 3 heteroatoms. The van der Waals surface area contributed by atoms with Crippen molar-refractivity contribution in [2.75, 3.05) is 11.9 Å². The van der Waals surface area contributed by atoms with E-state index in [1.165, 1.54) is 37.8 Å². The number of hydrogen-bond donors (Lipinski definition) is 1. The van der Waals surface area contributed by atoms with E-state index in [0.717, 1.165) is 30.0 Å². The predicted octanol–water partition coefficient (Wildman–Crippen LogP) is 4.33. The molecule has 2 aliphatic carbocycles. The fourth-order valence-corrected chi connectivity index (χ4v) is 3.75. The molecule has 2 fully saturated rings. The maximum Gasteiger partial charge on any atom is 0.126 e. The van der Waals surface area contributed by atoms with E-state index in [4.69, 9.17) is 11.6 Å². The minimum atomic E-state index is -0.270. The van der Waals surface area contributed by atoms with Crippen molar-refractivity contribution in [3.05, 3.63) is 29.0 Å². The molecule has 1 N–H and O–H groups in total. The SMILES string of the molecule is Fc1cc(Cl)cc(NCC2CC3CCC2C3)c1. The van der Waals surface area contributed by atoms with Crippen LogP contribution < -0.4 is 5.32 Å². The maximum atomic E-state index is 13.2. The highest BCUT2D eigenvalue weighted by Gasteiger charge is 2.38. The van der Waals surface area contributed by atoms with Gasteiger partial charge in [-0.15, -0.1) is 0 Å². The van der Waals surface area contributed by atoms with Crippen LogP contribution in [0.1, 0.15) is 25.7 Å². The molecular weight excluding hydrogens is 237 g/mol. The molecule has 0 heterocycles. The van der Waals surface area contributed by atoms with E-state index >= 15 is 0 Å².